The minimum absolute atomic E-state index is 0.447. The fourth-order valence-electron chi connectivity index (χ4n) is 1.14. The van der Waals surface area contributed by atoms with E-state index in [2.05, 4.69) is 26.2 Å². The molecule has 3 nitrogen and oxygen atoms in total. The lowest BCUT2D eigenvalue weighted by Crippen LogP contribution is -2.18. The van der Waals surface area contributed by atoms with Gasteiger partial charge in [0.2, 0.25) is 0 Å². The Bertz CT molecular complexity index is 260. The summed E-state index contributed by atoms with van der Waals surface area (Å²) in [5.41, 5.74) is 0. The molecule has 2 heterocycles. The second-order valence-electron chi connectivity index (χ2n) is 2.68. The highest BCUT2D eigenvalue weighted by atomic mass is 79.9. The standard InChI is InChI=1S/C7H9BrN2OS/c8-6-4-12-7(10-6)9-5-1-2-11-3-5/h4-5H,1-3H2,(H,9,10). The van der Waals surface area contributed by atoms with Gasteiger partial charge in [-0.1, -0.05) is 0 Å². The van der Waals surface area contributed by atoms with Gasteiger partial charge in [-0.3, -0.25) is 0 Å². The van der Waals surface area contributed by atoms with Crippen molar-refractivity contribution in [2.24, 2.45) is 0 Å². The van der Waals surface area contributed by atoms with Crippen LogP contribution in [0.3, 0.4) is 0 Å². The summed E-state index contributed by atoms with van der Waals surface area (Å²) in [4.78, 5) is 4.24. The van der Waals surface area contributed by atoms with Crippen LogP contribution < -0.4 is 5.32 Å². The Hall–Kier alpha value is -0.130. The highest BCUT2D eigenvalue weighted by molar-refractivity contribution is 9.10. The molecular formula is C7H9BrN2OS. The molecule has 1 aliphatic heterocycles. The van der Waals surface area contributed by atoms with Gasteiger partial charge in [0.05, 0.1) is 12.6 Å². The molecule has 1 aromatic heterocycles. The highest BCUT2D eigenvalue weighted by Gasteiger charge is 2.15. The number of rotatable bonds is 2. The number of ether oxygens (including phenoxy) is 1. The molecule has 2 rings (SSSR count). The van der Waals surface area contributed by atoms with Crippen LogP contribution in [0.5, 0.6) is 0 Å². The summed E-state index contributed by atoms with van der Waals surface area (Å²) in [6, 6.07) is 0.447. The Kier molecular flexibility index (Phi) is 2.63. The Morgan fingerprint density at radius 2 is 2.67 bits per heavy atom. The summed E-state index contributed by atoms with van der Waals surface area (Å²) in [5, 5.41) is 6.25. The molecule has 1 aromatic rings. The molecule has 1 atom stereocenters. The SMILES string of the molecule is Brc1csc(NC2CCOC2)n1. The Labute approximate surface area is 83.3 Å². The van der Waals surface area contributed by atoms with E-state index in [-0.39, 0.29) is 0 Å². The first-order valence-corrected chi connectivity index (χ1v) is 5.47. The molecule has 0 amide bonds. The van der Waals surface area contributed by atoms with Gasteiger partial charge in [-0.2, -0.15) is 0 Å². The Morgan fingerprint density at radius 1 is 1.75 bits per heavy atom. The first-order valence-electron chi connectivity index (χ1n) is 3.80. The Balaban J connectivity index is 1.94. The zero-order valence-corrected chi connectivity index (χ0v) is 8.82. The third-order valence-electron chi connectivity index (χ3n) is 1.73. The third kappa shape index (κ3) is 1.97. The van der Waals surface area contributed by atoms with Gasteiger partial charge in [-0.15, -0.1) is 11.3 Å². The molecule has 1 unspecified atom stereocenters. The number of hydrogen-bond donors (Lipinski definition) is 1. The molecule has 0 bridgehead atoms. The van der Waals surface area contributed by atoms with Crippen LogP contribution in [-0.4, -0.2) is 24.2 Å². The van der Waals surface area contributed by atoms with Crippen molar-refractivity contribution in [3.8, 4) is 0 Å². The number of nitrogens with zero attached hydrogens (tertiary/aromatic N) is 1. The molecule has 1 aliphatic rings. The quantitative estimate of drug-likeness (QED) is 0.871. The van der Waals surface area contributed by atoms with Crippen molar-refractivity contribution in [3.63, 3.8) is 0 Å². The van der Waals surface area contributed by atoms with Gasteiger partial charge >= 0.3 is 0 Å². The van der Waals surface area contributed by atoms with Crippen LogP contribution in [0.15, 0.2) is 9.98 Å². The molecule has 12 heavy (non-hydrogen) atoms. The molecule has 1 fully saturated rings. The molecule has 5 heteroatoms. The van der Waals surface area contributed by atoms with Gasteiger partial charge in [0.25, 0.3) is 0 Å². The molecule has 1 N–H and O–H groups in total. The Morgan fingerprint density at radius 3 is 3.25 bits per heavy atom. The number of thiazole rings is 1. The zero-order chi connectivity index (χ0) is 8.39. The first-order chi connectivity index (χ1) is 5.84. The number of hydrogen-bond acceptors (Lipinski definition) is 4. The van der Waals surface area contributed by atoms with Crippen LogP contribution in [0, 0.1) is 0 Å². The lowest BCUT2D eigenvalue weighted by Gasteiger charge is -2.07. The first kappa shape index (κ1) is 8.47. The maximum Gasteiger partial charge on any atom is 0.184 e. The van der Waals surface area contributed by atoms with E-state index in [4.69, 9.17) is 4.74 Å². The lowest BCUT2D eigenvalue weighted by molar-refractivity contribution is 0.195. The van der Waals surface area contributed by atoms with E-state index in [1.165, 1.54) is 0 Å². The second kappa shape index (κ2) is 3.72. The van der Waals surface area contributed by atoms with Crippen LogP contribution in [-0.2, 0) is 4.74 Å². The van der Waals surface area contributed by atoms with Crippen molar-refractivity contribution in [2.45, 2.75) is 12.5 Å². The largest absolute Gasteiger partial charge is 0.379 e. The summed E-state index contributed by atoms with van der Waals surface area (Å²) in [5.74, 6) is 0. The zero-order valence-electron chi connectivity index (χ0n) is 6.42. The molecule has 0 spiro atoms. The normalized spacial score (nSPS) is 22.9. The van der Waals surface area contributed by atoms with Gasteiger partial charge in [-0.05, 0) is 22.4 Å². The van der Waals surface area contributed by atoms with Crippen LogP contribution >= 0.6 is 27.3 Å². The second-order valence-corrected chi connectivity index (χ2v) is 4.35. The van der Waals surface area contributed by atoms with Gasteiger partial charge in [0.15, 0.2) is 5.13 Å². The van der Waals surface area contributed by atoms with E-state index in [0.29, 0.717) is 6.04 Å². The summed E-state index contributed by atoms with van der Waals surface area (Å²) in [7, 11) is 0. The van der Waals surface area contributed by atoms with Crippen molar-refractivity contribution in [1.82, 2.24) is 4.98 Å². The maximum absolute atomic E-state index is 5.24. The van der Waals surface area contributed by atoms with Gasteiger partial charge in [-0.25, -0.2) is 4.98 Å². The van der Waals surface area contributed by atoms with Crippen molar-refractivity contribution < 1.29 is 4.74 Å². The average molecular weight is 249 g/mol. The number of aromatic nitrogens is 1. The number of halogens is 1. The van der Waals surface area contributed by atoms with E-state index in [1.807, 2.05) is 5.38 Å². The van der Waals surface area contributed by atoms with Crippen LogP contribution in [0.2, 0.25) is 0 Å². The van der Waals surface area contributed by atoms with Crippen molar-refractivity contribution in [2.75, 3.05) is 18.5 Å². The fraction of sp³-hybridized carbons (Fsp3) is 0.571. The topological polar surface area (TPSA) is 34.1 Å². The molecule has 66 valence electrons. The van der Waals surface area contributed by atoms with E-state index < -0.39 is 0 Å². The van der Waals surface area contributed by atoms with E-state index in [0.717, 1.165) is 29.4 Å². The van der Waals surface area contributed by atoms with E-state index in [9.17, 15) is 0 Å². The predicted octanol–water partition coefficient (Wildman–Crippen LogP) is 2.11. The molecule has 0 saturated carbocycles. The molecule has 1 saturated heterocycles. The van der Waals surface area contributed by atoms with Crippen molar-refractivity contribution in [3.05, 3.63) is 9.98 Å². The third-order valence-corrected chi connectivity index (χ3v) is 3.22. The van der Waals surface area contributed by atoms with Crippen LogP contribution in [0.1, 0.15) is 6.42 Å². The van der Waals surface area contributed by atoms with Crippen LogP contribution in [0.25, 0.3) is 0 Å². The number of anilines is 1. The highest BCUT2D eigenvalue weighted by Crippen LogP contribution is 2.21. The molecule has 0 aliphatic carbocycles. The summed E-state index contributed by atoms with van der Waals surface area (Å²) in [6.07, 6.45) is 1.08. The minimum atomic E-state index is 0.447. The van der Waals surface area contributed by atoms with E-state index in [1.54, 1.807) is 11.3 Å². The van der Waals surface area contributed by atoms with Crippen LogP contribution in [0.4, 0.5) is 5.13 Å². The monoisotopic (exact) mass is 248 g/mol. The summed E-state index contributed by atoms with van der Waals surface area (Å²) < 4.78 is 6.14. The van der Waals surface area contributed by atoms with Gasteiger partial charge in [0.1, 0.15) is 4.60 Å². The van der Waals surface area contributed by atoms with Crippen molar-refractivity contribution in [1.29, 1.82) is 0 Å². The summed E-state index contributed by atoms with van der Waals surface area (Å²) >= 11 is 4.92. The molecular weight excluding hydrogens is 240 g/mol. The summed E-state index contributed by atoms with van der Waals surface area (Å²) in [6.45, 7) is 1.67. The van der Waals surface area contributed by atoms with Gasteiger partial charge in [0, 0.05) is 12.0 Å². The van der Waals surface area contributed by atoms with Gasteiger partial charge < -0.3 is 10.1 Å². The van der Waals surface area contributed by atoms with E-state index >= 15 is 0 Å². The maximum atomic E-state index is 5.24. The number of nitrogens with one attached hydrogen (secondary N) is 1. The smallest absolute Gasteiger partial charge is 0.184 e. The fourth-order valence-corrected chi connectivity index (χ4v) is 2.37. The minimum Gasteiger partial charge on any atom is -0.379 e. The van der Waals surface area contributed by atoms with Crippen molar-refractivity contribution >= 4 is 32.4 Å². The average Bonchev–Trinajstić information content (AvgIpc) is 2.63. The lowest BCUT2D eigenvalue weighted by atomic mass is 10.3. The molecule has 0 radical (unpaired) electrons. The molecule has 0 aromatic carbocycles. The predicted molar refractivity (Wildman–Crippen MR) is 52.7 cm³/mol.